The van der Waals surface area contributed by atoms with E-state index in [9.17, 15) is 18.0 Å². The fourth-order valence-electron chi connectivity index (χ4n) is 3.47. The number of rotatable bonds is 7. The maximum Gasteiger partial charge on any atom is 0.348 e. The Morgan fingerprint density at radius 2 is 2.00 bits per heavy atom. The monoisotopic (exact) mass is 493 g/mol. The van der Waals surface area contributed by atoms with E-state index in [0.29, 0.717) is 33.2 Å². The van der Waals surface area contributed by atoms with E-state index in [1.54, 1.807) is 26.0 Å². The van der Waals surface area contributed by atoms with Crippen LogP contribution in [-0.4, -0.2) is 43.8 Å². The van der Waals surface area contributed by atoms with Crippen molar-refractivity contribution < 1.29 is 22.7 Å². The second-order valence-electron chi connectivity index (χ2n) is 7.20. The van der Waals surface area contributed by atoms with E-state index in [0.717, 1.165) is 28.7 Å². The summed E-state index contributed by atoms with van der Waals surface area (Å²) in [6, 6.07) is 5.63. The molecule has 8 nitrogen and oxygen atoms in total. The molecule has 1 aliphatic rings. The Labute approximate surface area is 195 Å². The maximum atomic E-state index is 13.1. The molecule has 1 N–H and O–H groups in total. The SMILES string of the molecule is CCOC(=O)c1sc(NC(=O)C2CCCN2S(=O)(=O)c2ccc(C)cc2)c(SC#N)c1C. The lowest BCUT2D eigenvalue weighted by atomic mass is 10.2. The van der Waals surface area contributed by atoms with E-state index >= 15 is 0 Å². The zero-order valence-electron chi connectivity index (χ0n) is 17.9. The fraction of sp³-hybridized carbons (Fsp3) is 0.381. The van der Waals surface area contributed by atoms with Crippen LogP contribution in [0.15, 0.2) is 34.1 Å². The standard InChI is InChI=1S/C21H23N3O5S3/c1-4-29-21(26)18-14(3)17(30-12-22)20(31-18)23-19(25)16-6-5-11-24(16)32(27,28)15-9-7-13(2)8-10-15/h7-10,16H,4-6,11H2,1-3H3,(H,23,25). The van der Waals surface area contributed by atoms with Gasteiger partial charge >= 0.3 is 5.97 Å². The number of hydrogen-bond acceptors (Lipinski definition) is 8. The molecular formula is C21H23N3O5S3. The molecule has 0 saturated carbocycles. The van der Waals surface area contributed by atoms with Crippen molar-refractivity contribution in [3.8, 4) is 5.40 Å². The van der Waals surface area contributed by atoms with Crippen molar-refractivity contribution in [2.24, 2.45) is 0 Å². The minimum Gasteiger partial charge on any atom is -0.462 e. The van der Waals surface area contributed by atoms with Crippen LogP contribution in [0.25, 0.3) is 0 Å². The highest BCUT2D eigenvalue weighted by Crippen LogP contribution is 2.40. The molecule has 1 unspecified atom stereocenters. The van der Waals surface area contributed by atoms with Crippen LogP contribution < -0.4 is 5.32 Å². The number of hydrogen-bond donors (Lipinski definition) is 1. The van der Waals surface area contributed by atoms with Gasteiger partial charge in [0.05, 0.1) is 16.4 Å². The van der Waals surface area contributed by atoms with Crippen LogP contribution in [-0.2, 0) is 19.6 Å². The topological polar surface area (TPSA) is 117 Å². The van der Waals surface area contributed by atoms with Gasteiger partial charge in [-0.25, -0.2) is 13.2 Å². The van der Waals surface area contributed by atoms with Gasteiger partial charge in [-0.15, -0.1) is 11.3 Å². The molecule has 1 aromatic heterocycles. The van der Waals surface area contributed by atoms with Crippen LogP contribution in [0.5, 0.6) is 0 Å². The van der Waals surface area contributed by atoms with Crippen molar-refractivity contribution in [1.82, 2.24) is 4.31 Å². The molecule has 3 rings (SSSR count). The number of nitriles is 1. The highest BCUT2D eigenvalue weighted by molar-refractivity contribution is 8.04. The van der Waals surface area contributed by atoms with Crippen LogP contribution in [0.4, 0.5) is 5.00 Å². The van der Waals surface area contributed by atoms with Crippen LogP contribution in [0.2, 0.25) is 0 Å². The zero-order valence-corrected chi connectivity index (χ0v) is 20.3. The van der Waals surface area contributed by atoms with Crippen LogP contribution in [0.1, 0.15) is 40.6 Å². The number of amides is 1. The molecule has 0 aliphatic carbocycles. The number of carbonyl (C=O) groups excluding carboxylic acids is 2. The van der Waals surface area contributed by atoms with Crippen molar-refractivity contribution in [3.63, 3.8) is 0 Å². The van der Waals surface area contributed by atoms with Crippen molar-refractivity contribution in [2.75, 3.05) is 18.5 Å². The molecule has 1 amide bonds. The summed E-state index contributed by atoms with van der Waals surface area (Å²) in [7, 11) is -3.84. The van der Waals surface area contributed by atoms with Gasteiger partial charge in [0.15, 0.2) is 0 Å². The first kappa shape index (κ1) is 24.3. The van der Waals surface area contributed by atoms with Crippen LogP contribution >= 0.6 is 23.1 Å². The number of thiocyanates is 1. The molecule has 0 bridgehead atoms. The molecule has 1 fully saturated rings. The second kappa shape index (κ2) is 10.0. The third-order valence-electron chi connectivity index (χ3n) is 5.07. The Hall–Kier alpha value is -2.39. The van der Waals surface area contributed by atoms with Crippen molar-refractivity contribution >= 4 is 50.0 Å². The largest absolute Gasteiger partial charge is 0.462 e. The Morgan fingerprint density at radius 3 is 2.62 bits per heavy atom. The lowest BCUT2D eigenvalue weighted by Crippen LogP contribution is -2.43. The minimum absolute atomic E-state index is 0.139. The van der Waals surface area contributed by atoms with Gasteiger partial charge in [-0.3, -0.25) is 4.79 Å². The van der Waals surface area contributed by atoms with E-state index in [1.807, 2.05) is 12.3 Å². The Bertz CT molecular complexity index is 1170. The summed E-state index contributed by atoms with van der Waals surface area (Å²) >= 11 is 1.86. The molecule has 1 aromatic carbocycles. The quantitative estimate of drug-likeness (QED) is 0.353. The first-order chi connectivity index (χ1) is 15.2. The normalized spacial score (nSPS) is 16.5. The predicted molar refractivity (Wildman–Crippen MR) is 123 cm³/mol. The lowest BCUT2D eigenvalue weighted by molar-refractivity contribution is -0.119. The molecule has 170 valence electrons. The van der Waals surface area contributed by atoms with Gasteiger partial charge in [0.1, 0.15) is 21.3 Å². The van der Waals surface area contributed by atoms with E-state index < -0.39 is 27.9 Å². The van der Waals surface area contributed by atoms with Gasteiger partial charge in [0.2, 0.25) is 15.9 Å². The predicted octanol–water partition coefficient (Wildman–Crippen LogP) is 3.91. The molecule has 32 heavy (non-hydrogen) atoms. The minimum atomic E-state index is -3.84. The third kappa shape index (κ3) is 4.83. The Balaban J connectivity index is 1.88. The van der Waals surface area contributed by atoms with Crippen molar-refractivity contribution in [1.29, 1.82) is 5.26 Å². The lowest BCUT2D eigenvalue weighted by Gasteiger charge is -2.23. The number of ether oxygens (including phenoxy) is 1. The van der Waals surface area contributed by atoms with Gasteiger partial charge in [0.25, 0.3) is 0 Å². The number of thioether (sulfide) groups is 1. The number of carbonyl (C=O) groups is 2. The van der Waals surface area contributed by atoms with Crippen molar-refractivity contribution in [2.45, 2.75) is 49.4 Å². The average Bonchev–Trinajstić information content (AvgIpc) is 3.36. The fourth-order valence-corrected chi connectivity index (χ4v) is 6.93. The summed E-state index contributed by atoms with van der Waals surface area (Å²) in [6.07, 6.45) is 0.938. The number of thiophene rings is 1. The van der Waals surface area contributed by atoms with Crippen molar-refractivity contribution in [3.05, 3.63) is 40.3 Å². The molecule has 0 spiro atoms. The molecule has 1 aliphatic heterocycles. The van der Waals surface area contributed by atoms with Crippen LogP contribution in [0, 0.1) is 24.5 Å². The number of sulfonamides is 1. The van der Waals surface area contributed by atoms with Gasteiger partial charge in [0, 0.05) is 6.54 Å². The Kier molecular flexibility index (Phi) is 7.61. The number of aryl methyl sites for hydroxylation is 1. The first-order valence-corrected chi connectivity index (χ1v) is 13.0. The van der Waals surface area contributed by atoms with Gasteiger partial charge in [-0.2, -0.15) is 9.57 Å². The second-order valence-corrected chi connectivity index (χ2v) is 10.9. The molecular weight excluding hydrogens is 470 g/mol. The van der Waals surface area contributed by atoms with Crippen LogP contribution in [0.3, 0.4) is 0 Å². The number of anilines is 1. The summed E-state index contributed by atoms with van der Waals surface area (Å²) < 4.78 is 32.6. The summed E-state index contributed by atoms with van der Waals surface area (Å²) in [5.41, 5.74) is 1.48. The summed E-state index contributed by atoms with van der Waals surface area (Å²) in [5, 5.41) is 14.2. The highest BCUT2D eigenvalue weighted by atomic mass is 32.2. The summed E-state index contributed by atoms with van der Waals surface area (Å²) in [6.45, 7) is 5.69. The Morgan fingerprint density at radius 1 is 1.31 bits per heavy atom. The number of esters is 1. The van der Waals surface area contributed by atoms with E-state index in [4.69, 9.17) is 10.00 Å². The van der Waals surface area contributed by atoms with E-state index in [2.05, 4.69) is 5.32 Å². The molecule has 2 heterocycles. The van der Waals surface area contributed by atoms with E-state index in [1.165, 1.54) is 16.4 Å². The number of nitrogens with zero attached hydrogens (tertiary/aromatic N) is 2. The average molecular weight is 494 g/mol. The first-order valence-electron chi connectivity index (χ1n) is 9.96. The third-order valence-corrected chi connectivity index (χ3v) is 9.12. The number of nitrogens with one attached hydrogen (secondary N) is 1. The molecule has 0 radical (unpaired) electrons. The highest BCUT2D eigenvalue weighted by Gasteiger charge is 2.40. The van der Waals surface area contributed by atoms with Gasteiger partial charge < -0.3 is 10.1 Å². The molecule has 11 heteroatoms. The number of benzene rings is 1. The smallest absolute Gasteiger partial charge is 0.348 e. The maximum absolute atomic E-state index is 13.1. The summed E-state index contributed by atoms with van der Waals surface area (Å²) in [4.78, 5) is 26.2. The molecule has 1 saturated heterocycles. The summed E-state index contributed by atoms with van der Waals surface area (Å²) in [5.74, 6) is -1.02. The zero-order chi connectivity index (χ0) is 23.5. The van der Waals surface area contributed by atoms with E-state index in [-0.39, 0.29) is 18.0 Å². The molecule has 2 aromatic rings. The molecule has 1 atom stereocenters. The van der Waals surface area contributed by atoms with Gasteiger partial charge in [-0.1, -0.05) is 17.7 Å². The van der Waals surface area contributed by atoms with Gasteiger partial charge in [-0.05, 0) is 63.1 Å².